The number of fused-ring (bicyclic) bond motifs is 3. The number of nitrogens with zero attached hydrogens (tertiary/aromatic N) is 6. The van der Waals surface area contributed by atoms with Gasteiger partial charge >= 0.3 is 389 Å². The summed E-state index contributed by atoms with van der Waals surface area (Å²) in [7, 11) is -4.12. The first-order valence-electron chi connectivity index (χ1n) is 49.8. The Morgan fingerprint density at radius 2 is 0.679 bits per heavy atom. The first kappa shape index (κ1) is 117. The molecule has 0 N–H and O–H groups in total. The molecule has 0 saturated carbocycles. The summed E-state index contributed by atoms with van der Waals surface area (Å²) in [6, 6.07) is 103. The fourth-order valence-corrected chi connectivity index (χ4v) is 43.3. The van der Waals surface area contributed by atoms with E-state index >= 15 is 0 Å². The van der Waals surface area contributed by atoms with Crippen LogP contribution in [0.1, 0.15) is 140 Å². The van der Waals surface area contributed by atoms with E-state index in [4.69, 9.17) is 24.4 Å². The summed E-state index contributed by atoms with van der Waals surface area (Å²) in [6.07, 6.45) is 17.4. The van der Waals surface area contributed by atoms with Crippen LogP contribution >= 0.6 is 0 Å². The molecule has 137 heavy (non-hydrogen) atoms. The predicted octanol–water partition coefficient (Wildman–Crippen LogP) is 30.4. The number of furan rings is 1. The summed E-state index contributed by atoms with van der Waals surface area (Å²) in [5.41, 5.74) is 23.0. The van der Waals surface area contributed by atoms with Gasteiger partial charge in [-0.15, -0.1) is 95.1 Å². The molecule has 7 aromatic heterocycles. The molecule has 0 saturated heterocycles. The summed E-state index contributed by atoms with van der Waals surface area (Å²) in [6.45, 7) is 54.1. The van der Waals surface area contributed by atoms with Gasteiger partial charge in [-0.2, -0.15) is 0 Å². The van der Waals surface area contributed by atoms with E-state index in [9.17, 15) is 0 Å². The quantitative estimate of drug-likeness (QED) is 0.0327. The molecule has 0 amide bonds. The van der Waals surface area contributed by atoms with Crippen molar-refractivity contribution in [2.24, 2.45) is 23.7 Å². The van der Waals surface area contributed by atoms with E-state index in [1.54, 1.807) is 25.1 Å². The molecule has 0 aliphatic heterocycles. The molecule has 0 bridgehead atoms. The van der Waals surface area contributed by atoms with Gasteiger partial charge in [0.2, 0.25) is 0 Å². The van der Waals surface area contributed by atoms with Gasteiger partial charge in [0.1, 0.15) is 5.58 Å². The molecule has 0 spiro atoms. The van der Waals surface area contributed by atoms with Gasteiger partial charge in [-0.25, -0.2) is 0 Å². The van der Waals surface area contributed by atoms with Crippen LogP contribution in [-0.4, -0.2) is 93.9 Å². The molecule has 3 radical (unpaired) electrons. The van der Waals surface area contributed by atoms with E-state index in [0.29, 0.717) is 23.7 Å². The maximum Gasteiger partial charge on any atom is 0 e. The topological polar surface area (TPSA) is 90.5 Å². The van der Waals surface area contributed by atoms with Crippen LogP contribution in [0.3, 0.4) is 0 Å². The molecule has 15 aromatic rings. The average molecular weight is 2590 g/mol. The van der Waals surface area contributed by atoms with Crippen molar-refractivity contribution >= 4 is 115 Å². The molecule has 729 valence electrons. The van der Waals surface area contributed by atoms with Crippen LogP contribution in [0.4, 0.5) is 0 Å². The summed E-state index contributed by atoms with van der Waals surface area (Å²) in [5, 5.41) is 14.8. The minimum absolute atomic E-state index is 0. The second-order valence-corrected chi connectivity index (χ2v) is 89.0. The first-order valence-corrected chi connectivity index (χ1v) is 77.8. The summed E-state index contributed by atoms with van der Waals surface area (Å²) in [4.78, 5) is 28.5. The number of hydrogen-bond acceptors (Lipinski definition) is 7. The average Bonchev–Trinajstić information content (AvgIpc) is 1.74. The van der Waals surface area contributed by atoms with E-state index in [0.717, 1.165) is 115 Å². The summed E-state index contributed by atoms with van der Waals surface area (Å²) >= 11 is -5.68. The van der Waals surface area contributed by atoms with E-state index in [2.05, 4.69) is 379 Å². The van der Waals surface area contributed by atoms with Crippen LogP contribution in [0.2, 0.25) is 106 Å². The maximum absolute atomic E-state index is 5.86. The Morgan fingerprint density at radius 3 is 1.08 bits per heavy atom. The molecule has 0 aliphatic carbocycles. The smallest absolute Gasteiger partial charge is 0 e. The second-order valence-electron chi connectivity index (χ2n) is 41.1. The molecule has 0 aliphatic rings. The Kier molecular flexibility index (Phi) is 47.1. The van der Waals surface area contributed by atoms with Crippen molar-refractivity contribution in [3.05, 3.63) is 326 Å². The molecule has 0 unspecified atom stereocenters. The van der Waals surface area contributed by atoms with Crippen molar-refractivity contribution in [2.45, 2.75) is 250 Å². The SMILES string of the molecule is CC(C)Cc1cc(-c2[c-]ccc(-c3ccccc3)c2)ncc1[Si](C)(C)C.CC[Si](CC)(CC)c1cnc(-c2[c-]cccc2)cc1CC(C)C.C[CH2][Ge]([CH2]C)([CH2]C)[c]1cnc(-c2[c-]cccc2)cc1CC(C)C.C[CH2][Ge]([CH2]C)([CH2]C)[c]1cnc(-c2[c-]cccc2)cc1CC(C)C.C[Si](C)(C)c1ccc(-c2[c-]cc3oc4ccccc4c3c2)nc1.[CH3][Ge]([CH3])([CH3])[c]1ccc(-c2[c-]cccc2)nc1.[Ir].[Ir].[Ir]. The summed E-state index contributed by atoms with van der Waals surface area (Å²) < 4.78 is 10.6. The predicted molar refractivity (Wildman–Crippen MR) is 597 cm³/mol. The largest absolute Gasteiger partial charge is 0 e. The van der Waals surface area contributed by atoms with Crippen molar-refractivity contribution in [3.63, 3.8) is 0 Å². The second kappa shape index (κ2) is 55.4. The van der Waals surface area contributed by atoms with E-state index in [-0.39, 0.29) is 60.3 Å². The monoisotopic (exact) mass is 2590 g/mol. The Morgan fingerprint density at radius 1 is 0.307 bits per heavy atom. The third-order valence-corrected chi connectivity index (χ3v) is 64.8. The minimum atomic E-state index is -1.98. The molecular weight excluding hydrogens is 2430 g/mol. The van der Waals surface area contributed by atoms with Crippen LogP contribution in [0.25, 0.3) is 101 Å². The molecule has 7 heterocycles. The maximum atomic E-state index is 5.86. The van der Waals surface area contributed by atoms with Gasteiger partial charge in [0, 0.05) is 84.3 Å². The van der Waals surface area contributed by atoms with Crippen LogP contribution in [0.5, 0.6) is 0 Å². The zero-order valence-electron chi connectivity index (χ0n) is 87.0. The third kappa shape index (κ3) is 32.1. The van der Waals surface area contributed by atoms with Gasteiger partial charge in [-0.05, 0) is 68.9 Å². The molecule has 0 fully saturated rings. The van der Waals surface area contributed by atoms with Crippen LogP contribution in [0.15, 0.2) is 272 Å². The van der Waals surface area contributed by atoms with E-state index in [1.165, 1.54) is 86.7 Å². The van der Waals surface area contributed by atoms with Gasteiger partial charge in [0.15, 0.2) is 0 Å². The number of rotatable bonds is 30. The fourth-order valence-electron chi connectivity index (χ4n) is 18.5. The van der Waals surface area contributed by atoms with Crippen molar-refractivity contribution in [2.75, 3.05) is 0 Å². The standard InChI is InChI=1S/C24H28NSi.2C21H30GeN.C21H30NSi.C20H18NOSi.C14H16GeN.3Ir/c1-18(2)14-22-16-23(25-17-24(22)26(3,4)5)21-13-9-12-20(15-21)19-10-7-6-8-11-19;2*1-6-22(7-2,8-3)20-16-23-21(15-19(20)14-17(4)5)18-12-10-9-11-13-18;1-6-23(7-2,8-3)21-16-22-20(15-19(21)14-17(4)5)18-12-10-9-11-13-18;1-23(2,3)15-9-10-18(21-13-15)14-8-11-20-17(12-14)16-6-4-5-7-19(16)22-20;1-15(2,3)13-9-10-14(16-11-13)12-7-5-4-6-8-12;;;/h6-12,15-18H,14H2,1-5H3;3*9-12,15-17H,6-8,14H2,1-5H3;4-7,9-13H,1-3H3;4-7,9-11H,1-3H3;;;/q6*-1;;;. The molecule has 8 aromatic carbocycles. The molecule has 7 nitrogen and oxygen atoms in total. The van der Waals surface area contributed by atoms with Gasteiger partial charge in [0.05, 0.1) is 29.8 Å². The number of para-hydroxylation sites is 1. The fraction of sp³-hybridized carbons (Fsp3) is 0.355. The number of aromatic nitrogens is 6. The van der Waals surface area contributed by atoms with Gasteiger partial charge in [-0.3, -0.25) is 0 Å². The van der Waals surface area contributed by atoms with Gasteiger partial charge < -0.3 is 19.4 Å². The van der Waals surface area contributed by atoms with Gasteiger partial charge in [0.25, 0.3) is 0 Å². The van der Waals surface area contributed by atoms with Crippen molar-refractivity contribution < 1.29 is 64.7 Å². The normalized spacial score (nSPS) is 11.6. The Balaban J connectivity index is 0.000000224. The molecule has 0 atom stereocenters. The van der Waals surface area contributed by atoms with Crippen molar-refractivity contribution in [1.82, 2.24) is 29.9 Å². The first-order chi connectivity index (χ1) is 64.1. The number of benzene rings is 8. The van der Waals surface area contributed by atoms with Crippen LogP contribution < -0.4 is 28.7 Å². The molecule has 16 heteroatoms. The zero-order valence-corrected chi connectivity index (χ0v) is 103. The van der Waals surface area contributed by atoms with Crippen molar-refractivity contribution in [1.29, 1.82) is 0 Å². The Hall–Kier alpha value is -7.31. The summed E-state index contributed by atoms with van der Waals surface area (Å²) in [5.74, 6) is 9.80. The van der Waals surface area contributed by atoms with E-state index < -0.39 is 64.0 Å². The molecule has 15 rings (SSSR count). The Bertz CT molecular complexity index is 5820. The van der Waals surface area contributed by atoms with Gasteiger partial charge in [-0.1, -0.05) is 195 Å². The number of hydrogen-bond donors (Lipinski definition) is 0. The van der Waals surface area contributed by atoms with Crippen molar-refractivity contribution in [3.8, 4) is 78.7 Å². The van der Waals surface area contributed by atoms with Crippen LogP contribution in [0, 0.1) is 60.1 Å². The Labute approximate surface area is 878 Å². The zero-order chi connectivity index (χ0) is 97.0. The molecular formula is C121H152Ge3Ir3N6OSi3-6. The number of pyridine rings is 6. The van der Waals surface area contributed by atoms with Crippen LogP contribution in [-0.2, 0) is 86.0 Å². The minimum Gasteiger partial charge on any atom is 0 e. The van der Waals surface area contributed by atoms with E-state index in [1.807, 2.05) is 109 Å². The third-order valence-electron chi connectivity index (χ3n) is 27.1.